The number of thiophene rings is 1. The zero-order valence-corrected chi connectivity index (χ0v) is 26.4. The second kappa shape index (κ2) is 11.5. The van der Waals surface area contributed by atoms with E-state index in [1.54, 1.807) is 0 Å². The number of para-hydroxylation sites is 1. The van der Waals surface area contributed by atoms with E-state index < -0.39 is 0 Å². The normalized spacial score (nSPS) is 12.4. The molecule has 47 heavy (non-hydrogen) atoms. The molecular formula is C43H29N3S. The molecule has 3 nitrogen and oxygen atoms in total. The van der Waals surface area contributed by atoms with Crippen LogP contribution in [0.4, 0.5) is 0 Å². The lowest BCUT2D eigenvalue weighted by Gasteiger charge is -2.12. The minimum absolute atomic E-state index is 0.563. The van der Waals surface area contributed by atoms with Crippen molar-refractivity contribution in [1.29, 1.82) is 0 Å². The van der Waals surface area contributed by atoms with Crippen molar-refractivity contribution in [3.8, 4) is 5.69 Å². The van der Waals surface area contributed by atoms with Gasteiger partial charge in [-0.25, -0.2) is 4.99 Å². The van der Waals surface area contributed by atoms with Gasteiger partial charge in [0.1, 0.15) is 0 Å². The topological polar surface area (TPSA) is 29.6 Å². The van der Waals surface area contributed by atoms with Crippen molar-refractivity contribution < 1.29 is 0 Å². The van der Waals surface area contributed by atoms with Crippen LogP contribution in [0.3, 0.4) is 0 Å². The van der Waals surface area contributed by atoms with Gasteiger partial charge in [-0.05, 0) is 47.5 Å². The van der Waals surface area contributed by atoms with Crippen LogP contribution in [0.1, 0.15) is 16.7 Å². The molecule has 9 aromatic rings. The molecule has 0 saturated carbocycles. The lowest BCUT2D eigenvalue weighted by atomic mass is 10.00. The Balaban J connectivity index is 1.25. The highest BCUT2D eigenvalue weighted by atomic mass is 32.1. The van der Waals surface area contributed by atoms with Gasteiger partial charge in [0.15, 0.2) is 5.84 Å². The van der Waals surface area contributed by atoms with Crippen molar-refractivity contribution in [2.45, 2.75) is 6.54 Å². The van der Waals surface area contributed by atoms with Gasteiger partial charge in [0.2, 0.25) is 0 Å². The summed E-state index contributed by atoms with van der Waals surface area (Å²) >= 11 is 1.89. The molecule has 0 bridgehead atoms. The van der Waals surface area contributed by atoms with Crippen LogP contribution in [-0.4, -0.2) is 16.6 Å². The summed E-state index contributed by atoms with van der Waals surface area (Å²) in [7, 11) is 0. The largest absolute Gasteiger partial charge is 0.309 e. The molecule has 0 amide bonds. The number of nitrogens with zero attached hydrogens (tertiary/aromatic N) is 3. The zero-order valence-electron chi connectivity index (χ0n) is 25.5. The van der Waals surface area contributed by atoms with Gasteiger partial charge in [0, 0.05) is 59.2 Å². The van der Waals surface area contributed by atoms with Crippen LogP contribution in [0.5, 0.6) is 0 Å². The number of aliphatic imine (C=N–C) groups is 2. The molecule has 0 N–H and O–H groups in total. The van der Waals surface area contributed by atoms with E-state index in [0.717, 1.165) is 22.4 Å². The first-order valence-electron chi connectivity index (χ1n) is 15.9. The predicted molar refractivity (Wildman–Crippen MR) is 202 cm³/mol. The molecule has 0 radical (unpaired) electrons. The van der Waals surface area contributed by atoms with E-state index in [1.807, 2.05) is 41.8 Å². The van der Waals surface area contributed by atoms with Crippen LogP contribution in [0, 0.1) is 0 Å². The van der Waals surface area contributed by atoms with Gasteiger partial charge in [-0.2, -0.15) is 0 Å². The Hall–Kier alpha value is -5.84. The van der Waals surface area contributed by atoms with Crippen molar-refractivity contribution in [2.24, 2.45) is 9.98 Å². The van der Waals surface area contributed by atoms with E-state index in [0.29, 0.717) is 12.4 Å². The lowest BCUT2D eigenvalue weighted by molar-refractivity contribution is 1.06. The Morgan fingerprint density at radius 3 is 2.00 bits per heavy atom. The fourth-order valence-corrected chi connectivity index (χ4v) is 8.03. The first kappa shape index (κ1) is 27.5. The molecular weight excluding hydrogens is 591 g/mol. The van der Waals surface area contributed by atoms with E-state index in [-0.39, 0.29) is 0 Å². The molecule has 0 aliphatic carbocycles. The number of rotatable bonds is 5. The van der Waals surface area contributed by atoms with E-state index in [2.05, 4.69) is 138 Å². The summed E-state index contributed by atoms with van der Waals surface area (Å²) < 4.78 is 5.11. The average Bonchev–Trinajstić information content (AvgIpc) is 3.69. The van der Waals surface area contributed by atoms with Gasteiger partial charge >= 0.3 is 0 Å². The van der Waals surface area contributed by atoms with Crippen LogP contribution < -0.4 is 0 Å². The Bertz CT molecular complexity index is 2630. The molecule has 0 aliphatic heterocycles. The number of aromatic nitrogens is 1. The maximum Gasteiger partial charge on any atom is 0.154 e. The smallest absolute Gasteiger partial charge is 0.154 e. The predicted octanol–water partition coefficient (Wildman–Crippen LogP) is 11.4. The molecule has 0 spiro atoms. The minimum Gasteiger partial charge on any atom is -0.309 e. The summed E-state index contributed by atoms with van der Waals surface area (Å²) in [5.41, 5.74) is 6.72. The summed E-state index contributed by atoms with van der Waals surface area (Å²) in [5.74, 6) is 0.711. The Kier molecular flexibility index (Phi) is 6.72. The van der Waals surface area contributed by atoms with Gasteiger partial charge in [-0.3, -0.25) is 4.99 Å². The Labute approximate surface area is 276 Å². The van der Waals surface area contributed by atoms with Crippen LogP contribution in [0.25, 0.3) is 58.4 Å². The van der Waals surface area contributed by atoms with E-state index >= 15 is 0 Å². The van der Waals surface area contributed by atoms with Crippen molar-refractivity contribution in [3.05, 3.63) is 174 Å². The lowest BCUT2D eigenvalue weighted by Crippen LogP contribution is -2.01. The average molecular weight is 620 g/mol. The number of benzene rings is 7. The molecule has 4 heteroatoms. The SMILES string of the molecule is C(=N\C(=N/Cc1ccccc1)c1ccc(-n2c3ccccc3c3c4c5ccccc5sc4c4ccccc4c32)cc1)/c1ccccc1. The monoisotopic (exact) mass is 619 g/mol. The summed E-state index contributed by atoms with van der Waals surface area (Å²) in [4.78, 5) is 9.87. The Morgan fingerprint density at radius 1 is 0.574 bits per heavy atom. The maximum absolute atomic E-state index is 4.98. The molecule has 2 aromatic heterocycles. The molecule has 0 saturated heterocycles. The van der Waals surface area contributed by atoms with Crippen LogP contribution in [0.15, 0.2) is 168 Å². The van der Waals surface area contributed by atoms with Crippen molar-refractivity contribution >= 4 is 76.1 Å². The molecule has 0 atom stereocenters. The first-order chi connectivity index (χ1) is 23.3. The second-order valence-electron chi connectivity index (χ2n) is 11.8. The molecule has 0 fully saturated rings. The quantitative estimate of drug-likeness (QED) is 0.136. The van der Waals surface area contributed by atoms with E-state index in [9.17, 15) is 0 Å². The summed E-state index contributed by atoms with van der Waals surface area (Å²) in [6.45, 7) is 0.563. The van der Waals surface area contributed by atoms with E-state index in [4.69, 9.17) is 9.98 Å². The van der Waals surface area contributed by atoms with Gasteiger partial charge in [-0.1, -0.05) is 121 Å². The third kappa shape index (κ3) is 4.73. The fraction of sp³-hybridized carbons (Fsp3) is 0.0233. The standard InChI is InChI=1S/C43H29N3S/c1-3-13-29(14-4-1)27-44-43(45-28-30-15-5-2-6-16-30)31-23-25-32(26-24-31)46-37-21-11-9-19-35(37)39-40-36-20-10-12-22-38(36)47-42(40)34-18-8-7-17-33(34)41(39)46/h1-27H,28H2/b44-27+,45-43-. The van der Waals surface area contributed by atoms with Crippen LogP contribution >= 0.6 is 11.3 Å². The number of amidine groups is 1. The number of hydrogen-bond donors (Lipinski definition) is 0. The summed E-state index contributed by atoms with van der Waals surface area (Å²) in [5, 5.41) is 7.80. The zero-order chi connectivity index (χ0) is 31.2. The highest BCUT2D eigenvalue weighted by Gasteiger charge is 2.21. The Morgan fingerprint density at radius 2 is 1.21 bits per heavy atom. The molecule has 9 rings (SSSR count). The highest BCUT2D eigenvalue weighted by Crippen LogP contribution is 2.47. The van der Waals surface area contributed by atoms with Gasteiger partial charge < -0.3 is 4.57 Å². The fourth-order valence-electron chi connectivity index (χ4n) is 6.78. The van der Waals surface area contributed by atoms with Crippen LogP contribution in [0.2, 0.25) is 0 Å². The first-order valence-corrected chi connectivity index (χ1v) is 16.7. The third-order valence-corrected chi connectivity index (χ3v) is 10.1. The van der Waals surface area contributed by atoms with Gasteiger partial charge in [0.05, 0.1) is 17.6 Å². The molecule has 0 aliphatic rings. The summed E-state index contributed by atoms with van der Waals surface area (Å²) in [6.07, 6.45) is 1.90. The van der Waals surface area contributed by atoms with Crippen LogP contribution in [-0.2, 0) is 6.54 Å². The molecule has 0 unspecified atom stereocenters. The number of hydrogen-bond acceptors (Lipinski definition) is 2. The molecule has 222 valence electrons. The van der Waals surface area contributed by atoms with Gasteiger partial charge in [-0.15, -0.1) is 11.3 Å². The van der Waals surface area contributed by atoms with Gasteiger partial charge in [0.25, 0.3) is 0 Å². The van der Waals surface area contributed by atoms with Crippen molar-refractivity contribution in [1.82, 2.24) is 4.57 Å². The third-order valence-electron chi connectivity index (χ3n) is 8.92. The molecule has 7 aromatic carbocycles. The minimum atomic E-state index is 0.563. The maximum atomic E-state index is 4.98. The van der Waals surface area contributed by atoms with Crippen molar-refractivity contribution in [2.75, 3.05) is 0 Å². The highest BCUT2D eigenvalue weighted by molar-refractivity contribution is 7.27. The molecule has 2 heterocycles. The second-order valence-corrected chi connectivity index (χ2v) is 12.8. The number of fused-ring (bicyclic) bond motifs is 10. The van der Waals surface area contributed by atoms with E-state index in [1.165, 1.54) is 52.8 Å². The van der Waals surface area contributed by atoms with Crippen molar-refractivity contribution in [3.63, 3.8) is 0 Å². The summed E-state index contributed by atoms with van der Waals surface area (Å²) in [6, 6.07) is 55.8.